The van der Waals surface area contributed by atoms with E-state index in [-0.39, 0.29) is 0 Å². The Bertz CT molecular complexity index is 320. The standard InChI is InChI=1S/C8H15N3S3/c1-6(4-5-13-3)11(2)7-9-10-8(12)14-7/h6H,4-5H2,1-3H3,(H,10,12). The SMILES string of the molecule is CSCCC(C)N(C)c1n[nH]c(=S)s1. The molecule has 0 radical (unpaired) electrons. The minimum Gasteiger partial charge on any atom is -0.347 e. The maximum absolute atomic E-state index is 5.00. The Hall–Kier alpha value is -0.0700. The van der Waals surface area contributed by atoms with Crippen molar-refractivity contribution in [3.05, 3.63) is 3.95 Å². The topological polar surface area (TPSA) is 31.9 Å². The highest BCUT2D eigenvalue weighted by Gasteiger charge is 2.12. The number of hydrogen-bond acceptors (Lipinski definition) is 5. The third-order valence-corrected chi connectivity index (χ3v) is 3.95. The number of aromatic amines is 1. The van der Waals surface area contributed by atoms with Crippen LogP contribution in [-0.2, 0) is 0 Å². The van der Waals surface area contributed by atoms with E-state index in [9.17, 15) is 0 Å². The zero-order valence-electron chi connectivity index (χ0n) is 8.61. The van der Waals surface area contributed by atoms with E-state index in [1.54, 1.807) is 0 Å². The van der Waals surface area contributed by atoms with Gasteiger partial charge < -0.3 is 4.90 Å². The lowest BCUT2D eigenvalue weighted by Crippen LogP contribution is -2.29. The van der Waals surface area contributed by atoms with E-state index in [0.717, 1.165) is 9.09 Å². The van der Waals surface area contributed by atoms with Crippen LogP contribution < -0.4 is 4.90 Å². The lowest BCUT2D eigenvalue weighted by Gasteiger charge is -2.23. The predicted molar refractivity (Wildman–Crippen MR) is 68.2 cm³/mol. The molecule has 6 heteroatoms. The summed E-state index contributed by atoms with van der Waals surface area (Å²) in [6.07, 6.45) is 3.30. The molecule has 0 aliphatic heterocycles. The highest BCUT2D eigenvalue weighted by atomic mass is 32.2. The van der Waals surface area contributed by atoms with E-state index < -0.39 is 0 Å². The molecule has 0 aliphatic carbocycles. The van der Waals surface area contributed by atoms with Gasteiger partial charge in [-0.2, -0.15) is 11.8 Å². The normalized spacial score (nSPS) is 12.8. The predicted octanol–water partition coefficient (Wildman–Crippen LogP) is 2.78. The first-order valence-electron chi connectivity index (χ1n) is 4.42. The first-order chi connectivity index (χ1) is 6.65. The first-order valence-corrected chi connectivity index (χ1v) is 7.04. The molecule has 1 heterocycles. The maximum atomic E-state index is 5.00. The molecule has 1 aromatic heterocycles. The van der Waals surface area contributed by atoms with Crippen molar-refractivity contribution in [2.45, 2.75) is 19.4 Å². The fourth-order valence-electron chi connectivity index (χ4n) is 1.04. The van der Waals surface area contributed by atoms with E-state index in [0.29, 0.717) is 6.04 Å². The van der Waals surface area contributed by atoms with Crippen LogP contribution in [0, 0.1) is 3.95 Å². The van der Waals surface area contributed by atoms with Crippen LogP contribution in [0.25, 0.3) is 0 Å². The van der Waals surface area contributed by atoms with Crippen molar-refractivity contribution in [1.29, 1.82) is 0 Å². The summed E-state index contributed by atoms with van der Waals surface area (Å²) < 4.78 is 0.740. The van der Waals surface area contributed by atoms with Gasteiger partial charge >= 0.3 is 0 Å². The van der Waals surface area contributed by atoms with Crippen LogP contribution >= 0.6 is 35.3 Å². The highest BCUT2D eigenvalue weighted by molar-refractivity contribution is 7.98. The third kappa shape index (κ3) is 3.25. The molecule has 14 heavy (non-hydrogen) atoms. The van der Waals surface area contributed by atoms with Crippen molar-refractivity contribution in [3.8, 4) is 0 Å². The second-order valence-corrected chi connectivity index (χ2v) is 5.77. The van der Waals surface area contributed by atoms with Gasteiger partial charge in [-0.1, -0.05) is 11.3 Å². The van der Waals surface area contributed by atoms with E-state index in [4.69, 9.17) is 12.2 Å². The zero-order valence-corrected chi connectivity index (χ0v) is 11.1. The summed E-state index contributed by atoms with van der Waals surface area (Å²) in [7, 11) is 2.06. The molecule has 0 saturated heterocycles. The van der Waals surface area contributed by atoms with Crippen molar-refractivity contribution in [3.63, 3.8) is 0 Å². The summed E-state index contributed by atoms with van der Waals surface area (Å²) in [5, 5.41) is 7.93. The van der Waals surface area contributed by atoms with Crippen LogP contribution in [0.15, 0.2) is 0 Å². The monoisotopic (exact) mass is 249 g/mol. The minimum atomic E-state index is 0.511. The lowest BCUT2D eigenvalue weighted by molar-refractivity contribution is 0.664. The van der Waals surface area contributed by atoms with E-state index in [1.807, 2.05) is 11.8 Å². The van der Waals surface area contributed by atoms with Gasteiger partial charge in [0, 0.05) is 13.1 Å². The van der Waals surface area contributed by atoms with Gasteiger partial charge in [0.1, 0.15) is 0 Å². The smallest absolute Gasteiger partial charge is 0.206 e. The number of hydrogen-bond donors (Lipinski definition) is 1. The third-order valence-electron chi connectivity index (χ3n) is 2.13. The van der Waals surface area contributed by atoms with Crippen LogP contribution in [0.2, 0.25) is 0 Å². The number of thioether (sulfide) groups is 1. The largest absolute Gasteiger partial charge is 0.347 e. The Labute approximate surface area is 97.9 Å². The Kier molecular flexibility index (Phi) is 4.91. The molecule has 0 amide bonds. The molecule has 1 rings (SSSR count). The fourth-order valence-corrected chi connectivity index (χ4v) is 2.56. The van der Waals surface area contributed by atoms with Crippen molar-refractivity contribution in [2.24, 2.45) is 0 Å². The Balaban J connectivity index is 2.56. The van der Waals surface area contributed by atoms with Crippen LogP contribution in [0.4, 0.5) is 5.13 Å². The van der Waals surface area contributed by atoms with E-state index in [1.165, 1.54) is 23.5 Å². The molecule has 1 aromatic rings. The molecule has 0 bridgehead atoms. The number of anilines is 1. The van der Waals surface area contributed by atoms with Crippen LogP contribution in [-0.4, -0.2) is 35.3 Å². The summed E-state index contributed by atoms with van der Waals surface area (Å²) in [4.78, 5) is 2.17. The molecule has 1 N–H and O–H groups in total. The average Bonchev–Trinajstić information content (AvgIpc) is 2.60. The highest BCUT2D eigenvalue weighted by Crippen LogP contribution is 2.19. The second-order valence-electron chi connectivity index (χ2n) is 3.14. The number of aromatic nitrogens is 2. The Morgan fingerprint density at radius 3 is 2.93 bits per heavy atom. The molecule has 80 valence electrons. The number of nitrogens with zero attached hydrogens (tertiary/aromatic N) is 2. The first kappa shape index (κ1) is 12.0. The van der Waals surface area contributed by atoms with Crippen molar-refractivity contribution < 1.29 is 0 Å². The van der Waals surface area contributed by atoms with Crippen molar-refractivity contribution >= 4 is 40.4 Å². The van der Waals surface area contributed by atoms with Crippen LogP contribution in [0.5, 0.6) is 0 Å². The van der Waals surface area contributed by atoms with Gasteiger partial charge in [0.2, 0.25) is 5.13 Å². The summed E-state index contributed by atoms with van der Waals surface area (Å²) in [6.45, 7) is 2.21. The van der Waals surface area contributed by atoms with Gasteiger partial charge in [0.25, 0.3) is 0 Å². The molecule has 1 atom stereocenters. The van der Waals surface area contributed by atoms with Gasteiger partial charge in [-0.15, -0.1) is 5.10 Å². The molecular weight excluding hydrogens is 234 g/mol. The maximum Gasteiger partial charge on any atom is 0.206 e. The summed E-state index contributed by atoms with van der Waals surface area (Å²) in [6, 6.07) is 0.511. The number of nitrogens with one attached hydrogen (secondary N) is 1. The minimum absolute atomic E-state index is 0.511. The van der Waals surface area contributed by atoms with Gasteiger partial charge in [0.05, 0.1) is 0 Å². The number of rotatable bonds is 5. The second kappa shape index (κ2) is 5.72. The summed E-state index contributed by atoms with van der Waals surface area (Å²) in [5.41, 5.74) is 0. The zero-order chi connectivity index (χ0) is 10.6. The molecule has 0 spiro atoms. The molecule has 0 aliphatic rings. The van der Waals surface area contributed by atoms with Crippen LogP contribution in [0.3, 0.4) is 0 Å². The number of H-pyrrole nitrogens is 1. The molecule has 0 aromatic carbocycles. The molecule has 0 saturated carbocycles. The van der Waals surface area contributed by atoms with Gasteiger partial charge in [-0.05, 0) is 37.6 Å². The fraction of sp³-hybridized carbons (Fsp3) is 0.750. The van der Waals surface area contributed by atoms with Gasteiger partial charge in [-0.25, -0.2) is 0 Å². The van der Waals surface area contributed by atoms with E-state index >= 15 is 0 Å². The van der Waals surface area contributed by atoms with E-state index in [2.05, 4.69) is 35.3 Å². The van der Waals surface area contributed by atoms with Gasteiger partial charge in [-0.3, -0.25) is 5.10 Å². The molecular formula is C8H15N3S3. The quantitative estimate of drug-likeness (QED) is 0.813. The van der Waals surface area contributed by atoms with Crippen molar-refractivity contribution in [1.82, 2.24) is 10.2 Å². The van der Waals surface area contributed by atoms with Gasteiger partial charge in [0.15, 0.2) is 3.95 Å². The Morgan fingerprint density at radius 1 is 1.71 bits per heavy atom. The molecule has 3 nitrogen and oxygen atoms in total. The Morgan fingerprint density at radius 2 is 2.43 bits per heavy atom. The molecule has 0 fully saturated rings. The average molecular weight is 249 g/mol. The van der Waals surface area contributed by atoms with Crippen LogP contribution in [0.1, 0.15) is 13.3 Å². The molecule has 1 unspecified atom stereocenters. The lowest BCUT2D eigenvalue weighted by atomic mass is 10.2. The van der Waals surface area contributed by atoms with Crippen molar-refractivity contribution in [2.75, 3.05) is 24.0 Å². The summed E-state index contributed by atoms with van der Waals surface area (Å²) >= 11 is 8.40. The summed E-state index contributed by atoms with van der Waals surface area (Å²) in [5.74, 6) is 1.18.